The molecular formula is C19H22FN7O2S. The average molecular weight is 431 g/mol. The summed E-state index contributed by atoms with van der Waals surface area (Å²) in [6, 6.07) is 5.81. The van der Waals surface area contributed by atoms with Gasteiger partial charge in [-0.1, -0.05) is 23.5 Å². The van der Waals surface area contributed by atoms with Gasteiger partial charge in [-0.15, -0.1) is 10.2 Å². The van der Waals surface area contributed by atoms with Crippen molar-refractivity contribution in [3.05, 3.63) is 53.0 Å². The number of ether oxygens (including phenoxy) is 1. The first-order chi connectivity index (χ1) is 14.6. The fourth-order valence-electron chi connectivity index (χ4n) is 3.03. The van der Waals surface area contributed by atoms with Crippen molar-refractivity contribution < 1.29 is 13.9 Å². The van der Waals surface area contributed by atoms with Crippen LogP contribution in [-0.2, 0) is 17.7 Å². The van der Waals surface area contributed by atoms with Gasteiger partial charge in [-0.25, -0.2) is 9.18 Å². The Kier molecular flexibility index (Phi) is 6.62. The molecule has 0 saturated carbocycles. The molecule has 1 aromatic carbocycles. The summed E-state index contributed by atoms with van der Waals surface area (Å²) in [5, 5.41) is 18.9. The van der Waals surface area contributed by atoms with Gasteiger partial charge in [-0.2, -0.15) is 5.10 Å². The lowest BCUT2D eigenvalue weighted by atomic mass is 10.2. The summed E-state index contributed by atoms with van der Waals surface area (Å²) in [5.74, 6) is -0.278. The van der Waals surface area contributed by atoms with Gasteiger partial charge in [0.15, 0.2) is 0 Å². The number of rotatable bonds is 7. The van der Waals surface area contributed by atoms with Crippen molar-refractivity contribution in [2.75, 3.05) is 43.5 Å². The van der Waals surface area contributed by atoms with Crippen LogP contribution in [0, 0.1) is 5.82 Å². The Labute approximate surface area is 176 Å². The number of halogens is 1. The van der Waals surface area contributed by atoms with Crippen molar-refractivity contribution >= 4 is 28.2 Å². The molecule has 11 heteroatoms. The highest BCUT2D eigenvalue weighted by atomic mass is 32.1. The molecule has 2 N–H and O–H groups in total. The Balaban J connectivity index is 1.24. The number of carbonyl (C=O) groups is 1. The van der Waals surface area contributed by atoms with Gasteiger partial charge in [0.2, 0.25) is 5.13 Å². The molecule has 0 radical (unpaired) electrons. The van der Waals surface area contributed by atoms with E-state index in [1.807, 2.05) is 0 Å². The Hall–Kier alpha value is -2.89. The fraction of sp³-hybridized carbons (Fsp3) is 0.368. The van der Waals surface area contributed by atoms with Crippen molar-refractivity contribution in [2.45, 2.75) is 13.0 Å². The average Bonchev–Trinajstić information content (AvgIpc) is 3.38. The first-order valence-corrected chi connectivity index (χ1v) is 10.4. The summed E-state index contributed by atoms with van der Waals surface area (Å²) < 4.78 is 20.1. The van der Waals surface area contributed by atoms with Crippen LogP contribution < -0.4 is 10.6 Å². The van der Waals surface area contributed by atoms with E-state index < -0.39 is 6.03 Å². The fourth-order valence-corrected chi connectivity index (χ4v) is 3.80. The first-order valence-electron chi connectivity index (χ1n) is 9.61. The van der Waals surface area contributed by atoms with Gasteiger partial charge >= 0.3 is 6.03 Å². The molecule has 1 aliphatic rings. The van der Waals surface area contributed by atoms with Gasteiger partial charge in [-0.05, 0) is 17.7 Å². The molecule has 0 spiro atoms. The van der Waals surface area contributed by atoms with Crippen molar-refractivity contribution in [1.82, 2.24) is 24.9 Å². The Bertz CT molecular complexity index is 969. The molecule has 3 heterocycles. The van der Waals surface area contributed by atoms with Gasteiger partial charge in [-0.3, -0.25) is 14.9 Å². The second-order valence-corrected chi connectivity index (χ2v) is 7.89. The first kappa shape index (κ1) is 20.4. The normalized spacial score (nSPS) is 14.6. The topological polar surface area (TPSA) is 97.2 Å². The van der Waals surface area contributed by atoms with E-state index in [0.717, 1.165) is 50.0 Å². The second kappa shape index (κ2) is 9.74. The summed E-state index contributed by atoms with van der Waals surface area (Å²) >= 11 is 1.28. The number of urea groups is 1. The van der Waals surface area contributed by atoms with Gasteiger partial charge in [0, 0.05) is 32.3 Å². The molecule has 4 rings (SSSR count). The molecule has 1 fully saturated rings. The molecule has 0 aliphatic carbocycles. The Morgan fingerprint density at radius 3 is 2.73 bits per heavy atom. The van der Waals surface area contributed by atoms with Crippen molar-refractivity contribution in [3.63, 3.8) is 0 Å². The molecule has 2 aromatic heterocycles. The molecule has 9 nitrogen and oxygen atoms in total. The Morgan fingerprint density at radius 1 is 1.13 bits per heavy atom. The Morgan fingerprint density at radius 2 is 1.93 bits per heavy atom. The van der Waals surface area contributed by atoms with Crippen molar-refractivity contribution in [2.24, 2.45) is 0 Å². The number of hydrogen-bond acceptors (Lipinski definition) is 7. The van der Waals surface area contributed by atoms with Crippen LogP contribution in [0.25, 0.3) is 0 Å². The number of nitrogens with one attached hydrogen (secondary N) is 2. The highest BCUT2D eigenvalue weighted by molar-refractivity contribution is 7.15. The van der Waals surface area contributed by atoms with Crippen LogP contribution in [0.3, 0.4) is 0 Å². The number of amides is 2. The maximum absolute atomic E-state index is 13.0. The van der Waals surface area contributed by atoms with E-state index >= 15 is 0 Å². The van der Waals surface area contributed by atoms with Crippen molar-refractivity contribution in [3.8, 4) is 0 Å². The molecular weight excluding hydrogens is 409 g/mol. The second-order valence-electron chi connectivity index (χ2n) is 6.83. The largest absolute Gasteiger partial charge is 0.379 e. The third kappa shape index (κ3) is 5.81. The van der Waals surface area contributed by atoms with Crippen LogP contribution >= 0.6 is 11.3 Å². The summed E-state index contributed by atoms with van der Waals surface area (Å²) in [7, 11) is 0. The number of aromatic nitrogens is 4. The molecule has 158 valence electrons. The molecule has 1 aliphatic heterocycles. The number of carbonyl (C=O) groups excluding carboxylic acids is 1. The van der Waals surface area contributed by atoms with E-state index in [2.05, 4.69) is 30.8 Å². The zero-order valence-electron chi connectivity index (χ0n) is 16.3. The van der Waals surface area contributed by atoms with Crippen LogP contribution in [0.1, 0.15) is 10.6 Å². The minimum atomic E-state index is -0.410. The summed E-state index contributed by atoms with van der Waals surface area (Å²) in [5.41, 5.74) is 1.53. The highest BCUT2D eigenvalue weighted by Crippen LogP contribution is 2.19. The number of anilines is 2. The van der Waals surface area contributed by atoms with Gasteiger partial charge in [0.1, 0.15) is 10.8 Å². The van der Waals surface area contributed by atoms with E-state index in [0.29, 0.717) is 17.2 Å². The summed E-state index contributed by atoms with van der Waals surface area (Å²) in [6.07, 6.45) is 3.93. The number of morpholine rings is 1. The molecule has 0 unspecified atom stereocenters. The highest BCUT2D eigenvalue weighted by Gasteiger charge is 2.12. The summed E-state index contributed by atoms with van der Waals surface area (Å²) in [4.78, 5) is 14.5. The van der Waals surface area contributed by atoms with E-state index in [4.69, 9.17) is 4.74 Å². The predicted octanol–water partition coefficient (Wildman–Crippen LogP) is 2.44. The lowest BCUT2D eigenvalue weighted by Crippen LogP contribution is -2.38. The maximum atomic E-state index is 13.0. The SMILES string of the molecule is O=C(Nc1cnn(CCN2CCOCC2)c1)Nc1nnc(Cc2ccc(F)cc2)s1. The van der Waals surface area contributed by atoms with E-state index in [1.54, 1.807) is 29.2 Å². The van der Waals surface area contributed by atoms with E-state index in [1.165, 1.54) is 23.5 Å². The molecule has 1 saturated heterocycles. The smallest absolute Gasteiger partial charge is 0.325 e. The minimum absolute atomic E-state index is 0.278. The minimum Gasteiger partial charge on any atom is -0.379 e. The lowest BCUT2D eigenvalue weighted by molar-refractivity contribution is 0.0360. The molecule has 0 bridgehead atoms. The van der Waals surface area contributed by atoms with Crippen molar-refractivity contribution in [1.29, 1.82) is 0 Å². The van der Waals surface area contributed by atoms with Gasteiger partial charge in [0.05, 0.1) is 31.6 Å². The van der Waals surface area contributed by atoms with Gasteiger partial charge in [0.25, 0.3) is 0 Å². The standard InChI is InChI=1S/C19H22FN7O2S/c20-15-3-1-14(2-4-15)11-17-24-25-19(30-17)23-18(28)22-16-12-21-27(13-16)6-5-26-7-9-29-10-8-26/h1-4,12-13H,5-11H2,(H2,22,23,25,28). The van der Waals surface area contributed by atoms with Crippen LogP contribution in [0.5, 0.6) is 0 Å². The lowest BCUT2D eigenvalue weighted by Gasteiger charge is -2.26. The third-order valence-electron chi connectivity index (χ3n) is 4.60. The van der Waals surface area contributed by atoms with Crippen LogP contribution in [0.2, 0.25) is 0 Å². The number of benzene rings is 1. The molecule has 30 heavy (non-hydrogen) atoms. The molecule has 0 atom stereocenters. The predicted molar refractivity (Wildman–Crippen MR) is 111 cm³/mol. The zero-order chi connectivity index (χ0) is 20.8. The van der Waals surface area contributed by atoms with Crippen LogP contribution in [0.4, 0.5) is 20.0 Å². The third-order valence-corrected chi connectivity index (χ3v) is 5.43. The van der Waals surface area contributed by atoms with E-state index in [9.17, 15) is 9.18 Å². The van der Waals surface area contributed by atoms with Gasteiger partial charge < -0.3 is 10.1 Å². The number of nitrogens with zero attached hydrogens (tertiary/aromatic N) is 5. The zero-order valence-corrected chi connectivity index (χ0v) is 17.1. The van der Waals surface area contributed by atoms with Crippen LogP contribution in [0.15, 0.2) is 36.7 Å². The quantitative estimate of drug-likeness (QED) is 0.596. The van der Waals surface area contributed by atoms with E-state index in [-0.39, 0.29) is 5.82 Å². The molecule has 2 amide bonds. The monoisotopic (exact) mass is 431 g/mol. The molecule has 3 aromatic rings. The maximum Gasteiger partial charge on any atom is 0.325 e. The number of hydrogen-bond donors (Lipinski definition) is 2. The summed E-state index contributed by atoms with van der Waals surface area (Å²) in [6.45, 7) is 5.02. The van der Waals surface area contributed by atoms with Crippen LogP contribution in [-0.4, -0.2) is 63.8 Å².